The number of nitrogens with zero attached hydrogens (tertiary/aromatic N) is 4. The van der Waals surface area contributed by atoms with Crippen molar-refractivity contribution in [2.24, 2.45) is 5.92 Å². The van der Waals surface area contributed by atoms with Gasteiger partial charge in [-0.15, -0.1) is 5.10 Å². The Kier molecular flexibility index (Phi) is 4.33. The van der Waals surface area contributed by atoms with E-state index in [9.17, 15) is 9.59 Å². The zero-order valence-corrected chi connectivity index (χ0v) is 11.6. The second-order valence-corrected chi connectivity index (χ2v) is 5.30. The van der Waals surface area contributed by atoms with Gasteiger partial charge in [0.15, 0.2) is 5.69 Å². The van der Waals surface area contributed by atoms with Gasteiger partial charge in [0.1, 0.15) is 6.54 Å². The van der Waals surface area contributed by atoms with Gasteiger partial charge in [-0.3, -0.25) is 9.59 Å². The lowest BCUT2D eigenvalue weighted by molar-refractivity contribution is -0.137. The second kappa shape index (κ2) is 6.00. The van der Waals surface area contributed by atoms with Crippen molar-refractivity contribution in [2.45, 2.75) is 25.9 Å². The predicted molar refractivity (Wildman–Crippen MR) is 70.2 cm³/mol. The highest BCUT2D eigenvalue weighted by atomic mass is 16.4. The van der Waals surface area contributed by atoms with E-state index in [0.29, 0.717) is 5.92 Å². The summed E-state index contributed by atoms with van der Waals surface area (Å²) in [7, 11) is 2.06. The molecule has 0 aliphatic carbocycles. The zero-order chi connectivity index (χ0) is 14.7. The number of nitrogens with one attached hydrogen (secondary N) is 1. The lowest BCUT2D eigenvalue weighted by Gasteiger charge is -2.34. The quantitative estimate of drug-likeness (QED) is 0.767. The molecule has 1 aromatic heterocycles. The predicted octanol–water partition coefficient (Wildman–Crippen LogP) is -0.567. The third kappa shape index (κ3) is 3.53. The average Bonchev–Trinajstić information content (AvgIpc) is 2.80. The van der Waals surface area contributed by atoms with Crippen molar-refractivity contribution in [2.75, 3.05) is 20.1 Å². The van der Waals surface area contributed by atoms with E-state index >= 15 is 0 Å². The number of carbonyl (C=O) groups is 2. The van der Waals surface area contributed by atoms with Crippen molar-refractivity contribution in [3.8, 4) is 0 Å². The van der Waals surface area contributed by atoms with Crippen molar-refractivity contribution in [1.82, 2.24) is 25.2 Å². The molecule has 1 saturated heterocycles. The van der Waals surface area contributed by atoms with E-state index in [1.807, 2.05) is 0 Å². The van der Waals surface area contributed by atoms with Crippen LogP contribution in [-0.2, 0) is 11.3 Å². The zero-order valence-electron chi connectivity index (χ0n) is 11.6. The standard InChI is InChI=1S/C12H19N5O3/c1-8-5-16(2)4-3-9(8)13-12(20)10-6-17(15-14-10)7-11(18)19/h6,8-9H,3-5,7H2,1-2H3,(H,13,20)(H,18,19). The van der Waals surface area contributed by atoms with E-state index < -0.39 is 5.97 Å². The van der Waals surface area contributed by atoms with Gasteiger partial charge in [-0.2, -0.15) is 0 Å². The first-order valence-corrected chi connectivity index (χ1v) is 6.57. The first kappa shape index (κ1) is 14.4. The minimum absolute atomic E-state index is 0.114. The minimum Gasteiger partial charge on any atom is -0.480 e. The molecule has 1 aliphatic rings. The van der Waals surface area contributed by atoms with E-state index in [1.54, 1.807) is 0 Å². The molecule has 0 spiro atoms. The van der Waals surface area contributed by atoms with Gasteiger partial charge in [0.05, 0.1) is 6.20 Å². The maximum atomic E-state index is 12.1. The monoisotopic (exact) mass is 281 g/mol. The van der Waals surface area contributed by atoms with Gasteiger partial charge in [-0.05, 0) is 25.9 Å². The Morgan fingerprint density at radius 1 is 1.55 bits per heavy atom. The number of hydrogen-bond acceptors (Lipinski definition) is 5. The molecule has 0 radical (unpaired) electrons. The fourth-order valence-corrected chi connectivity index (χ4v) is 2.43. The molecule has 1 aromatic rings. The normalized spacial score (nSPS) is 23.5. The van der Waals surface area contributed by atoms with Crippen LogP contribution in [0.25, 0.3) is 0 Å². The van der Waals surface area contributed by atoms with Crippen molar-refractivity contribution in [3.05, 3.63) is 11.9 Å². The number of aliphatic carboxylic acids is 1. The molecule has 8 nitrogen and oxygen atoms in total. The number of carboxylic acid groups (broad SMARTS) is 1. The van der Waals surface area contributed by atoms with Gasteiger partial charge in [0.25, 0.3) is 5.91 Å². The second-order valence-electron chi connectivity index (χ2n) is 5.30. The van der Waals surface area contributed by atoms with Crippen LogP contribution in [0.15, 0.2) is 6.20 Å². The number of amides is 1. The molecule has 2 unspecified atom stereocenters. The Morgan fingerprint density at radius 2 is 2.30 bits per heavy atom. The highest BCUT2D eigenvalue weighted by Crippen LogP contribution is 2.15. The molecule has 1 aliphatic heterocycles. The summed E-state index contributed by atoms with van der Waals surface area (Å²) in [6.07, 6.45) is 2.25. The Labute approximate surface area is 116 Å². The lowest BCUT2D eigenvalue weighted by atomic mass is 9.94. The number of likely N-dealkylation sites (tertiary alicyclic amines) is 1. The number of aromatic nitrogens is 3. The SMILES string of the molecule is CC1CN(C)CCC1NC(=O)c1cn(CC(=O)O)nn1. The van der Waals surface area contributed by atoms with Crippen LogP contribution in [0.5, 0.6) is 0 Å². The maximum absolute atomic E-state index is 12.1. The Hall–Kier alpha value is -1.96. The van der Waals surface area contributed by atoms with Crippen molar-refractivity contribution in [3.63, 3.8) is 0 Å². The molecule has 20 heavy (non-hydrogen) atoms. The first-order valence-electron chi connectivity index (χ1n) is 6.57. The van der Waals surface area contributed by atoms with Gasteiger partial charge in [-0.25, -0.2) is 4.68 Å². The fraction of sp³-hybridized carbons (Fsp3) is 0.667. The summed E-state index contributed by atoms with van der Waals surface area (Å²) in [6, 6.07) is 0.114. The van der Waals surface area contributed by atoms with E-state index in [0.717, 1.165) is 24.2 Å². The molecule has 0 aromatic carbocycles. The summed E-state index contributed by atoms with van der Waals surface area (Å²) in [6.45, 7) is 3.68. The Bertz CT molecular complexity index is 501. The molecule has 2 N–H and O–H groups in total. The largest absolute Gasteiger partial charge is 0.480 e. The van der Waals surface area contributed by atoms with E-state index in [1.165, 1.54) is 6.20 Å². The summed E-state index contributed by atoms with van der Waals surface area (Å²) in [5, 5.41) is 18.9. The van der Waals surface area contributed by atoms with E-state index in [4.69, 9.17) is 5.11 Å². The topological polar surface area (TPSA) is 100 Å². The number of rotatable bonds is 4. The van der Waals surface area contributed by atoms with Crippen LogP contribution >= 0.6 is 0 Å². The number of carboxylic acids is 1. The van der Waals surface area contributed by atoms with Crippen molar-refractivity contribution >= 4 is 11.9 Å². The van der Waals surface area contributed by atoms with E-state index in [-0.39, 0.29) is 24.2 Å². The highest BCUT2D eigenvalue weighted by Gasteiger charge is 2.26. The third-order valence-corrected chi connectivity index (χ3v) is 3.49. The number of carbonyl (C=O) groups excluding carboxylic acids is 1. The third-order valence-electron chi connectivity index (χ3n) is 3.49. The molecule has 2 heterocycles. The molecule has 8 heteroatoms. The van der Waals surface area contributed by atoms with Gasteiger partial charge in [-0.1, -0.05) is 12.1 Å². The molecular weight excluding hydrogens is 262 g/mol. The Balaban J connectivity index is 1.94. The summed E-state index contributed by atoms with van der Waals surface area (Å²) in [4.78, 5) is 24.8. The number of piperidine rings is 1. The lowest BCUT2D eigenvalue weighted by Crippen LogP contribution is -2.48. The van der Waals surface area contributed by atoms with Gasteiger partial charge in [0.2, 0.25) is 0 Å². The van der Waals surface area contributed by atoms with Crippen LogP contribution in [0, 0.1) is 5.92 Å². The molecular formula is C12H19N5O3. The van der Waals surface area contributed by atoms with Crippen LogP contribution in [0.4, 0.5) is 0 Å². The molecule has 2 rings (SSSR count). The van der Waals surface area contributed by atoms with Gasteiger partial charge in [0, 0.05) is 12.6 Å². The molecule has 1 fully saturated rings. The summed E-state index contributed by atoms with van der Waals surface area (Å²) in [5.74, 6) is -0.958. The summed E-state index contributed by atoms with van der Waals surface area (Å²) in [5.41, 5.74) is 0.150. The maximum Gasteiger partial charge on any atom is 0.325 e. The molecule has 0 bridgehead atoms. The van der Waals surface area contributed by atoms with E-state index in [2.05, 4.69) is 34.5 Å². The van der Waals surface area contributed by atoms with Crippen molar-refractivity contribution < 1.29 is 14.7 Å². The van der Waals surface area contributed by atoms with Crippen LogP contribution in [0.1, 0.15) is 23.8 Å². The first-order chi connectivity index (χ1) is 9.45. The van der Waals surface area contributed by atoms with Crippen LogP contribution in [0.3, 0.4) is 0 Å². The van der Waals surface area contributed by atoms with Gasteiger partial charge >= 0.3 is 5.97 Å². The fourth-order valence-electron chi connectivity index (χ4n) is 2.43. The molecule has 110 valence electrons. The smallest absolute Gasteiger partial charge is 0.325 e. The summed E-state index contributed by atoms with van der Waals surface area (Å²) >= 11 is 0. The van der Waals surface area contributed by atoms with Crippen LogP contribution in [0.2, 0.25) is 0 Å². The summed E-state index contributed by atoms with van der Waals surface area (Å²) < 4.78 is 1.13. The van der Waals surface area contributed by atoms with Crippen LogP contribution in [-0.4, -0.2) is 63.1 Å². The average molecular weight is 281 g/mol. The highest BCUT2D eigenvalue weighted by molar-refractivity contribution is 5.92. The number of hydrogen-bond donors (Lipinski definition) is 2. The molecule has 0 saturated carbocycles. The molecule has 2 atom stereocenters. The minimum atomic E-state index is -1.02. The molecule has 1 amide bonds. The van der Waals surface area contributed by atoms with Crippen molar-refractivity contribution in [1.29, 1.82) is 0 Å². The Morgan fingerprint density at radius 3 is 2.95 bits per heavy atom. The van der Waals surface area contributed by atoms with Gasteiger partial charge < -0.3 is 15.3 Å². The van der Waals surface area contributed by atoms with Crippen LogP contribution < -0.4 is 5.32 Å².